The molecule has 12 heavy (non-hydrogen) atoms. The van der Waals surface area contributed by atoms with Gasteiger partial charge in [0.25, 0.3) is 0 Å². The SMILES string of the molecule is CC(C)(C)C(N)=CC=NC(F)F. The minimum Gasteiger partial charge on any atom is -0.402 e. The Bertz CT molecular complexity index is 190. The molecule has 0 saturated heterocycles. The second-order valence-electron chi connectivity index (χ2n) is 3.45. The maximum Gasteiger partial charge on any atom is 0.331 e. The molecule has 0 radical (unpaired) electrons. The number of aliphatic imine (C=N–C) groups is 1. The first-order valence-corrected chi connectivity index (χ1v) is 3.61. The Labute approximate surface area is 71.2 Å². The summed E-state index contributed by atoms with van der Waals surface area (Å²) in [5.41, 5.74) is 5.90. The number of hydrogen-bond acceptors (Lipinski definition) is 2. The van der Waals surface area contributed by atoms with Crippen LogP contribution in [0.15, 0.2) is 16.8 Å². The number of alkyl halides is 2. The molecule has 2 nitrogen and oxygen atoms in total. The van der Waals surface area contributed by atoms with Gasteiger partial charge in [0.05, 0.1) is 0 Å². The van der Waals surface area contributed by atoms with Gasteiger partial charge in [0.1, 0.15) is 0 Å². The van der Waals surface area contributed by atoms with Gasteiger partial charge in [-0.25, -0.2) is 4.99 Å². The van der Waals surface area contributed by atoms with Gasteiger partial charge < -0.3 is 5.73 Å². The van der Waals surface area contributed by atoms with Crippen LogP contribution in [0.3, 0.4) is 0 Å². The number of halogens is 2. The van der Waals surface area contributed by atoms with Gasteiger partial charge in [0, 0.05) is 17.3 Å². The average Bonchev–Trinajstić information content (AvgIpc) is 1.84. The zero-order valence-corrected chi connectivity index (χ0v) is 7.51. The van der Waals surface area contributed by atoms with Crippen LogP contribution in [0.4, 0.5) is 8.78 Å². The van der Waals surface area contributed by atoms with Crippen LogP contribution in [-0.4, -0.2) is 12.8 Å². The lowest BCUT2D eigenvalue weighted by Gasteiger charge is -2.17. The number of allylic oxidation sites excluding steroid dienone is 2. The molecule has 0 fully saturated rings. The molecular formula is C8H14F2N2. The highest BCUT2D eigenvalue weighted by molar-refractivity contribution is 5.72. The molecule has 0 rings (SSSR count). The van der Waals surface area contributed by atoms with Crippen molar-refractivity contribution in [3.05, 3.63) is 11.8 Å². The molecule has 0 aliphatic rings. The number of rotatable bonds is 2. The van der Waals surface area contributed by atoms with E-state index in [4.69, 9.17) is 5.73 Å². The fourth-order valence-electron chi connectivity index (χ4n) is 0.438. The third-order valence-corrected chi connectivity index (χ3v) is 1.32. The van der Waals surface area contributed by atoms with Crippen LogP contribution in [0.2, 0.25) is 0 Å². The van der Waals surface area contributed by atoms with E-state index in [0.717, 1.165) is 6.21 Å². The Morgan fingerprint density at radius 3 is 2.25 bits per heavy atom. The van der Waals surface area contributed by atoms with Crippen molar-refractivity contribution >= 4 is 6.21 Å². The van der Waals surface area contributed by atoms with E-state index in [0.29, 0.717) is 5.70 Å². The normalized spacial score (nSPS) is 14.7. The molecule has 0 aromatic heterocycles. The smallest absolute Gasteiger partial charge is 0.331 e. The summed E-state index contributed by atoms with van der Waals surface area (Å²) < 4.78 is 23.0. The van der Waals surface area contributed by atoms with E-state index in [1.54, 1.807) is 0 Å². The van der Waals surface area contributed by atoms with Gasteiger partial charge in [-0.05, 0) is 6.08 Å². The molecule has 0 bridgehead atoms. The van der Waals surface area contributed by atoms with Crippen LogP contribution in [0.1, 0.15) is 20.8 Å². The van der Waals surface area contributed by atoms with E-state index in [-0.39, 0.29) is 5.41 Å². The van der Waals surface area contributed by atoms with Crippen LogP contribution >= 0.6 is 0 Å². The molecule has 0 atom stereocenters. The summed E-state index contributed by atoms with van der Waals surface area (Å²) in [7, 11) is 0. The highest BCUT2D eigenvalue weighted by atomic mass is 19.3. The van der Waals surface area contributed by atoms with Crippen molar-refractivity contribution in [3.63, 3.8) is 0 Å². The summed E-state index contributed by atoms with van der Waals surface area (Å²) in [6.45, 7) is 3.04. The first kappa shape index (κ1) is 11.1. The van der Waals surface area contributed by atoms with Crippen LogP contribution < -0.4 is 5.73 Å². The van der Waals surface area contributed by atoms with Crippen molar-refractivity contribution in [1.29, 1.82) is 0 Å². The van der Waals surface area contributed by atoms with Crippen LogP contribution in [0.5, 0.6) is 0 Å². The van der Waals surface area contributed by atoms with Crippen molar-refractivity contribution in [3.8, 4) is 0 Å². The molecule has 0 spiro atoms. The van der Waals surface area contributed by atoms with Crippen LogP contribution in [-0.2, 0) is 0 Å². The molecule has 0 aliphatic carbocycles. The summed E-state index contributed by atoms with van der Waals surface area (Å²) >= 11 is 0. The van der Waals surface area contributed by atoms with Crippen molar-refractivity contribution in [2.45, 2.75) is 27.3 Å². The molecule has 70 valence electrons. The van der Waals surface area contributed by atoms with Crippen LogP contribution in [0, 0.1) is 5.41 Å². The number of nitrogens with two attached hydrogens (primary N) is 1. The Kier molecular flexibility index (Phi) is 3.86. The minimum absolute atomic E-state index is 0.200. The van der Waals surface area contributed by atoms with Gasteiger partial charge in [-0.2, -0.15) is 8.78 Å². The first-order valence-electron chi connectivity index (χ1n) is 3.61. The summed E-state index contributed by atoms with van der Waals surface area (Å²) in [6, 6.07) is 0. The topological polar surface area (TPSA) is 38.4 Å². The van der Waals surface area contributed by atoms with Crippen molar-refractivity contribution < 1.29 is 8.78 Å². The molecule has 2 N–H and O–H groups in total. The maximum absolute atomic E-state index is 11.5. The lowest BCUT2D eigenvalue weighted by Crippen LogP contribution is -2.17. The Morgan fingerprint density at radius 1 is 1.42 bits per heavy atom. The first-order chi connectivity index (χ1) is 5.34. The highest BCUT2D eigenvalue weighted by Gasteiger charge is 2.12. The Balaban J connectivity index is 4.20. The van der Waals surface area contributed by atoms with Gasteiger partial charge in [0.2, 0.25) is 0 Å². The fourth-order valence-corrected chi connectivity index (χ4v) is 0.438. The standard InChI is InChI=1S/C8H14F2N2/c1-8(2,3)6(11)4-5-12-7(9)10/h4-5,7H,11H2,1-3H3. The van der Waals surface area contributed by atoms with Gasteiger partial charge >= 0.3 is 6.55 Å². The van der Waals surface area contributed by atoms with E-state index in [9.17, 15) is 8.78 Å². The monoisotopic (exact) mass is 176 g/mol. The Morgan fingerprint density at radius 2 is 1.92 bits per heavy atom. The van der Waals surface area contributed by atoms with Gasteiger partial charge in [-0.15, -0.1) is 0 Å². The van der Waals surface area contributed by atoms with Gasteiger partial charge in [-0.1, -0.05) is 20.8 Å². The van der Waals surface area contributed by atoms with E-state index >= 15 is 0 Å². The lowest BCUT2D eigenvalue weighted by atomic mass is 9.92. The predicted molar refractivity (Wildman–Crippen MR) is 46.2 cm³/mol. The van der Waals surface area contributed by atoms with E-state index < -0.39 is 6.55 Å². The van der Waals surface area contributed by atoms with Crippen molar-refractivity contribution in [2.24, 2.45) is 16.1 Å². The third-order valence-electron chi connectivity index (χ3n) is 1.32. The number of hydrogen-bond donors (Lipinski definition) is 1. The molecule has 0 aromatic rings. The molecule has 0 unspecified atom stereocenters. The lowest BCUT2D eigenvalue weighted by molar-refractivity contribution is 0.161. The molecule has 0 amide bonds. The van der Waals surface area contributed by atoms with Crippen LogP contribution in [0.25, 0.3) is 0 Å². The molecule has 0 heterocycles. The highest BCUT2D eigenvalue weighted by Crippen LogP contribution is 2.19. The third kappa shape index (κ3) is 4.82. The summed E-state index contributed by atoms with van der Waals surface area (Å²) in [4.78, 5) is 2.86. The molecule has 0 aliphatic heterocycles. The zero-order chi connectivity index (χ0) is 9.78. The molecular weight excluding hydrogens is 162 g/mol. The summed E-state index contributed by atoms with van der Waals surface area (Å²) in [5, 5.41) is 0. The summed E-state index contributed by atoms with van der Waals surface area (Å²) in [6.07, 6.45) is 2.43. The van der Waals surface area contributed by atoms with Crippen molar-refractivity contribution in [1.82, 2.24) is 0 Å². The Hall–Kier alpha value is -0.930. The van der Waals surface area contributed by atoms with E-state index in [1.807, 2.05) is 20.8 Å². The largest absolute Gasteiger partial charge is 0.402 e. The second-order valence-corrected chi connectivity index (χ2v) is 3.45. The van der Waals surface area contributed by atoms with E-state index in [2.05, 4.69) is 4.99 Å². The van der Waals surface area contributed by atoms with E-state index in [1.165, 1.54) is 6.08 Å². The zero-order valence-electron chi connectivity index (χ0n) is 7.51. The van der Waals surface area contributed by atoms with Gasteiger partial charge in [-0.3, -0.25) is 0 Å². The van der Waals surface area contributed by atoms with Gasteiger partial charge in [0.15, 0.2) is 0 Å². The minimum atomic E-state index is -2.66. The molecule has 0 saturated carbocycles. The second kappa shape index (κ2) is 4.18. The summed E-state index contributed by atoms with van der Waals surface area (Å²) in [5.74, 6) is 0. The maximum atomic E-state index is 11.5. The quantitative estimate of drug-likeness (QED) is 0.508. The average molecular weight is 176 g/mol. The molecule has 0 aromatic carbocycles. The van der Waals surface area contributed by atoms with Crippen molar-refractivity contribution in [2.75, 3.05) is 0 Å². The fraction of sp³-hybridized carbons (Fsp3) is 0.625. The molecule has 4 heteroatoms. The number of nitrogens with zero attached hydrogens (tertiary/aromatic N) is 1. The predicted octanol–water partition coefficient (Wildman–Crippen LogP) is 2.17.